The second-order valence-corrected chi connectivity index (χ2v) is 8.26. The number of nitrogens with one attached hydrogen (secondary N) is 1. The average Bonchev–Trinajstić information content (AvgIpc) is 3.18. The van der Waals surface area contributed by atoms with Gasteiger partial charge in [-0.25, -0.2) is 0 Å². The molecule has 1 aromatic heterocycles. The molecule has 0 amide bonds. The van der Waals surface area contributed by atoms with Crippen LogP contribution in [0.15, 0.2) is 6.07 Å². The van der Waals surface area contributed by atoms with Gasteiger partial charge in [-0.15, -0.1) is 11.3 Å². The van der Waals surface area contributed by atoms with Crippen LogP contribution in [-0.4, -0.2) is 35.5 Å². The van der Waals surface area contributed by atoms with Gasteiger partial charge in [-0.2, -0.15) is 11.8 Å². The van der Waals surface area contributed by atoms with E-state index in [1.807, 2.05) is 11.3 Å². The number of hydrogen-bond donors (Lipinski definition) is 1. The number of rotatable bonds is 5. The van der Waals surface area contributed by atoms with Crippen LogP contribution in [0.4, 0.5) is 0 Å². The Labute approximate surface area is 125 Å². The molecule has 1 saturated heterocycles. The molecule has 3 rings (SSSR count). The molecule has 1 aliphatic carbocycles. The molecule has 0 atom stereocenters. The van der Waals surface area contributed by atoms with E-state index in [1.54, 1.807) is 5.56 Å². The Morgan fingerprint density at radius 2 is 2.21 bits per heavy atom. The third-order valence-corrected chi connectivity index (χ3v) is 6.06. The van der Waals surface area contributed by atoms with E-state index in [2.05, 4.69) is 35.0 Å². The highest BCUT2D eigenvalue weighted by atomic mass is 32.2. The third kappa shape index (κ3) is 4.22. The Bertz CT molecular complexity index is 404. The van der Waals surface area contributed by atoms with Crippen molar-refractivity contribution in [2.45, 2.75) is 45.3 Å². The first kappa shape index (κ1) is 13.9. The zero-order valence-corrected chi connectivity index (χ0v) is 13.4. The van der Waals surface area contributed by atoms with E-state index in [4.69, 9.17) is 0 Å². The summed E-state index contributed by atoms with van der Waals surface area (Å²) < 4.78 is 0. The topological polar surface area (TPSA) is 15.3 Å². The van der Waals surface area contributed by atoms with Crippen molar-refractivity contribution in [3.63, 3.8) is 0 Å². The van der Waals surface area contributed by atoms with Gasteiger partial charge in [0, 0.05) is 41.2 Å². The molecule has 2 nitrogen and oxygen atoms in total. The van der Waals surface area contributed by atoms with Crippen molar-refractivity contribution in [2.24, 2.45) is 0 Å². The summed E-state index contributed by atoms with van der Waals surface area (Å²) in [4.78, 5) is 5.67. The van der Waals surface area contributed by atoms with Crippen LogP contribution in [0, 0.1) is 6.92 Å². The molecule has 0 unspecified atom stereocenters. The van der Waals surface area contributed by atoms with Crippen LogP contribution in [0.25, 0.3) is 0 Å². The fourth-order valence-electron chi connectivity index (χ4n) is 2.56. The highest BCUT2D eigenvalue weighted by Crippen LogP contribution is 2.25. The van der Waals surface area contributed by atoms with Crippen molar-refractivity contribution in [2.75, 3.05) is 24.6 Å². The van der Waals surface area contributed by atoms with Crippen LogP contribution < -0.4 is 5.32 Å². The van der Waals surface area contributed by atoms with E-state index in [0.717, 1.165) is 19.1 Å². The van der Waals surface area contributed by atoms with E-state index in [0.29, 0.717) is 0 Å². The Hall–Kier alpha value is -0.0300. The summed E-state index contributed by atoms with van der Waals surface area (Å²) in [6.45, 7) is 7.05. The minimum atomic E-state index is 0.813. The van der Waals surface area contributed by atoms with E-state index < -0.39 is 0 Å². The maximum atomic E-state index is 3.62. The van der Waals surface area contributed by atoms with Gasteiger partial charge < -0.3 is 5.32 Å². The Kier molecular flexibility index (Phi) is 4.85. The van der Waals surface area contributed by atoms with Gasteiger partial charge >= 0.3 is 0 Å². The lowest BCUT2D eigenvalue weighted by atomic mass is 10.2. The van der Waals surface area contributed by atoms with E-state index in [1.165, 1.54) is 53.6 Å². The molecule has 2 fully saturated rings. The van der Waals surface area contributed by atoms with Gasteiger partial charge in [0.25, 0.3) is 0 Å². The molecule has 2 aliphatic rings. The van der Waals surface area contributed by atoms with Crippen LogP contribution in [0.2, 0.25) is 0 Å². The Balaban J connectivity index is 1.56. The molecule has 4 heteroatoms. The lowest BCUT2D eigenvalue weighted by Crippen LogP contribution is -2.25. The van der Waals surface area contributed by atoms with Gasteiger partial charge in [0.15, 0.2) is 0 Å². The standard InChI is InChI=1S/C15H24N2S2/c1-12-13(11-17-5-2-7-18-8-6-17)9-15(19-12)10-16-14-3-4-14/h9,14,16H,2-8,10-11H2,1H3. The molecule has 19 heavy (non-hydrogen) atoms. The van der Waals surface area contributed by atoms with E-state index in [9.17, 15) is 0 Å². The Morgan fingerprint density at radius 1 is 1.32 bits per heavy atom. The largest absolute Gasteiger partial charge is 0.309 e. The first-order valence-electron chi connectivity index (χ1n) is 7.43. The minimum absolute atomic E-state index is 0.813. The number of nitrogens with zero attached hydrogens (tertiary/aromatic N) is 1. The molecule has 1 aliphatic heterocycles. The van der Waals surface area contributed by atoms with Gasteiger partial charge in [0.05, 0.1) is 0 Å². The summed E-state index contributed by atoms with van der Waals surface area (Å²) in [5.41, 5.74) is 1.56. The van der Waals surface area contributed by atoms with Gasteiger partial charge in [-0.3, -0.25) is 4.90 Å². The summed E-state index contributed by atoms with van der Waals surface area (Å²) in [6, 6.07) is 3.25. The fourth-order valence-corrected chi connectivity index (χ4v) is 4.49. The molecular formula is C15H24N2S2. The number of aryl methyl sites for hydroxylation is 1. The average molecular weight is 297 g/mol. The molecule has 2 heterocycles. The molecule has 0 spiro atoms. The molecule has 1 N–H and O–H groups in total. The lowest BCUT2D eigenvalue weighted by Gasteiger charge is -2.19. The number of thiophene rings is 1. The molecule has 0 radical (unpaired) electrons. The highest BCUT2D eigenvalue weighted by molar-refractivity contribution is 7.99. The number of thioether (sulfide) groups is 1. The van der Waals surface area contributed by atoms with Crippen molar-refractivity contribution in [1.82, 2.24) is 10.2 Å². The zero-order chi connectivity index (χ0) is 13.1. The van der Waals surface area contributed by atoms with Crippen LogP contribution in [0.1, 0.15) is 34.6 Å². The smallest absolute Gasteiger partial charge is 0.0302 e. The van der Waals surface area contributed by atoms with Gasteiger partial charge in [0.1, 0.15) is 0 Å². The zero-order valence-electron chi connectivity index (χ0n) is 11.8. The quantitative estimate of drug-likeness (QED) is 0.898. The summed E-state index contributed by atoms with van der Waals surface area (Å²) in [5, 5.41) is 3.62. The predicted octanol–water partition coefficient (Wildman–Crippen LogP) is 3.25. The van der Waals surface area contributed by atoms with Crippen molar-refractivity contribution in [3.05, 3.63) is 21.4 Å². The SMILES string of the molecule is Cc1sc(CNC2CC2)cc1CN1CCCSCC1. The number of hydrogen-bond acceptors (Lipinski definition) is 4. The summed E-state index contributed by atoms with van der Waals surface area (Å²) in [5.74, 6) is 2.65. The highest BCUT2D eigenvalue weighted by Gasteiger charge is 2.20. The molecule has 0 bridgehead atoms. The van der Waals surface area contributed by atoms with Gasteiger partial charge in [-0.05, 0) is 50.1 Å². The summed E-state index contributed by atoms with van der Waals surface area (Å²) in [6.07, 6.45) is 4.11. The first-order chi connectivity index (χ1) is 9.31. The second-order valence-electron chi connectivity index (χ2n) is 5.69. The van der Waals surface area contributed by atoms with Crippen molar-refractivity contribution < 1.29 is 0 Å². The third-order valence-electron chi connectivity index (χ3n) is 3.92. The molecule has 106 valence electrons. The second kappa shape index (κ2) is 6.61. The van der Waals surface area contributed by atoms with Crippen molar-refractivity contribution >= 4 is 23.1 Å². The molecule has 0 aromatic carbocycles. The van der Waals surface area contributed by atoms with Crippen LogP contribution in [0.3, 0.4) is 0 Å². The van der Waals surface area contributed by atoms with E-state index in [-0.39, 0.29) is 0 Å². The summed E-state index contributed by atoms with van der Waals surface area (Å²) >= 11 is 4.09. The first-order valence-corrected chi connectivity index (χ1v) is 9.40. The minimum Gasteiger partial charge on any atom is -0.309 e. The molecule has 1 aromatic rings. The van der Waals surface area contributed by atoms with Crippen LogP contribution in [-0.2, 0) is 13.1 Å². The fraction of sp³-hybridized carbons (Fsp3) is 0.733. The summed E-state index contributed by atoms with van der Waals surface area (Å²) in [7, 11) is 0. The molecule has 1 saturated carbocycles. The maximum absolute atomic E-state index is 3.62. The van der Waals surface area contributed by atoms with E-state index >= 15 is 0 Å². The van der Waals surface area contributed by atoms with Crippen molar-refractivity contribution in [1.29, 1.82) is 0 Å². The van der Waals surface area contributed by atoms with Crippen molar-refractivity contribution in [3.8, 4) is 0 Å². The van der Waals surface area contributed by atoms with Crippen LogP contribution >= 0.6 is 23.1 Å². The molecular weight excluding hydrogens is 272 g/mol. The van der Waals surface area contributed by atoms with Gasteiger partial charge in [0.2, 0.25) is 0 Å². The normalized spacial score (nSPS) is 21.5. The maximum Gasteiger partial charge on any atom is 0.0302 e. The van der Waals surface area contributed by atoms with Gasteiger partial charge in [-0.1, -0.05) is 0 Å². The van der Waals surface area contributed by atoms with Crippen LogP contribution in [0.5, 0.6) is 0 Å². The monoisotopic (exact) mass is 296 g/mol. The lowest BCUT2D eigenvalue weighted by molar-refractivity contribution is 0.287. The predicted molar refractivity (Wildman–Crippen MR) is 86.1 cm³/mol. The Morgan fingerprint density at radius 3 is 3.05 bits per heavy atom.